The van der Waals surface area contributed by atoms with Gasteiger partial charge in [-0.1, -0.05) is 207 Å². The number of hydrogen-bond donors (Lipinski definition) is 0. The summed E-state index contributed by atoms with van der Waals surface area (Å²) < 4.78 is 0. The molecule has 0 unspecified atom stereocenters. The Morgan fingerprint density at radius 3 is 1.50 bits per heavy atom. The molecule has 0 heterocycles. The maximum atomic E-state index is 2.50. The van der Waals surface area contributed by atoms with Gasteiger partial charge in [0.1, 0.15) is 0 Å². The molecule has 312 valence electrons. The highest BCUT2D eigenvalue weighted by atomic mass is 15.1. The number of para-hydroxylation sites is 2. The lowest BCUT2D eigenvalue weighted by atomic mass is 9.76. The minimum atomic E-state index is 0.0308. The molecule has 3 aliphatic carbocycles. The van der Waals surface area contributed by atoms with Crippen LogP contribution in [0.15, 0.2) is 224 Å². The fourth-order valence-electron chi connectivity index (χ4n) is 11.8. The summed E-state index contributed by atoms with van der Waals surface area (Å²) in [5, 5.41) is 2.63. The van der Waals surface area contributed by atoms with Crippen molar-refractivity contribution in [1.29, 1.82) is 0 Å². The first-order valence-electron chi connectivity index (χ1n) is 23.5. The van der Waals surface area contributed by atoms with E-state index in [0.717, 1.165) is 0 Å². The van der Waals surface area contributed by atoms with E-state index in [2.05, 4.69) is 242 Å². The van der Waals surface area contributed by atoms with E-state index in [0.29, 0.717) is 0 Å². The lowest BCUT2D eigenvalue weighted by molar-refractivity contribution is 0.550. The van der Waals surface area contributed by atoms with Crippen molar-refractivity contribution in [2.45, 2.75) is 31.1 Å². The molecule has 0 saturated heterocycles. The van der Waals surface area contributed by atoms with Crippen molar-refractivity contribution in [2.24, 2.45) is 0 Å². The van der Waals surface area contributed by atoms with Crippen LogP contribution in [0.3, 0.4) is 0 Å². The van der Waals surface area contributed by atoms with Gasteiger partial charge < -0.3 is 4.90 Å². The molecule has 10 aromatic rings. The van der Waals surface area contributed by atoms with Gasteiger partial charge in [-0.05, 0) is 155 Å². The highest BCUT2D eigenvalue weighted by molar-refractivity contribution is 6.22. The molecule has 1 fully saturated rings. The van der Waals surface area contributed by atoms with Gasteiger partial charge in [-0.3, -0.25) is 0 Å². The first kappa shape index (κ1) is 38.5. The molecular weight excluding hydrogens is 795 g/mol. The summed E-state index contributed by atoms with van der Waals surface area (Å²) in [4.78, 5) is 2.40. The van der Waals surface area contributed by atoms with Gasteiger partial charge in [0.15, 0.2) is 0 Å². The molecule has 0 N–H and O–H groups in total. The van der Waals surface area contributed by atoms with E-state index >= 15 is 0 Å². The second-order valence-electron chi connectivity index (χ2n) is 18.3. The van der Waals surface area contributed by atoms with Gasteiger partial charge >= 0.3 is 0 Å². The van der Waals surface area contributed by atoms with E-state index in [4.69, 9.17) is 0 Å². The van der Waals surface area contributed by atoms with Gasteiger partial charge in [-0.2, -0.15) is 0 Å². The van der Waals surface area contributed by atoms with Crippen molar-refractivity contribution in [1.82, 2.24) is 0 Å². The summed E-state index contributed by atoms with van der Waals surface area (Å²) in [5.41, 5.74) is 24.6. The predicted octanol–water partition coefficient (Wildman–Crippen LogP) is 18.0. The van der Waals surface area contributed by atoms with E-state index in [-0.39, 0.29) is 5.41 Å². The van der Waals surface area contributed by atoms with Crippen LogP contribution < -0.4 is 4.90 Å². The summed E-state index contributed by atoms with van der Waals surface area (Å²) in [6, 6.07) is 83.2. The molecule has 1 spiro atoms. The van der Waals surface area contributed by atoms with Gasteiger partial charge in [-0.15, -0.1) is 0 Å². The molecule has 1 heteroatoms. The fourth-order valence-corrected chi connectivity index (χ4v) is 11.8. The van der Waals surface area contributed by atoms with Crippen molar-refractivity contribution in [3.8, 4) is 66.8 Å². The minimum Gasteiger partial charge on any atom is -0.310 e. The Bertz CT molecular complexity index is 3440. The third-order valence-electron chi connectivity index (χ3n) is 14.7. The Morgan fingerprint density at radius 2 is 0.848 bits per heavy atom. The van der Waals surface area contributed by atoms with E-state index in [1.807, 2.05) is 0 Å². The van der Waals surface area contributed by atoms with Gasteiger partial charge in [0, 0.05) is 22.5 Å². The zero-order chi connectivity index (χ0) is 43.6. The number of benzene rings is 10. The third kappa shape index (κ3) is 6.15. The number of hydrogen-bond acceptors (Lipinski definition) is 1. The van der Waals surface area contributed by atoms with Crippen LogP contribution in [-0.4, -0.2) is 0 Å². The Labute approximate surface area is 387 Å². The number of rotatable bonds is 8. The molecule has 0 radical (unpaired) electrons. The molecule has 0 aliphatic heterocycles. The second kappa shape index (κ2) is 15.6. The molecule has 0 atom stereocenters. The SMILES string of the molecule is C(=C\c1ccc2c(c1)C1(CCCC1)c1cc(N(c3ccccc3)c3ccccc3)ccc1-2)/c1ccc(-c2cc(-c3ccccc3)c3c(c2-c2ccccc2)-c2cccc4cccc-3c24)cc1. The van der Waals surface area contributed by atoms with Crippen molar-refractivity contribution < 1.29 is 0 Å². The van der Waals surface area contributed by atoms with E-state index in [1.165, 1.54) is 143 Å². The summed E-state index contributed by atoms with van der Waals surface area (Å²) in [6.45, 7) is 0. The Morgan fingerprint density at radius 1 is 0.333 bits per heavy atom. The lowest BCUT2D eigenvalue weighted by Crippen LogP contribution is -2.21. The van der Waals surface area contributed by atoms with Crippen LogP contribution in [0, 0.1) is 0 Å². The van der Waals surface area contributed by atoms with Crippen molar-refractivity contribution in [3.05, 3.63) is 247 Å². The Kier molecular flexibility index (Phi) is 9.10. The topological polar surface area (TPSA) is 3.24 Å². The summed E-state index contributed by atoms with van der Waals surface area (Å²) >= 11 is 0. The average Bonchev–Trinajstić information content (AvgIpc) is 4.09. The first-order valence-corrected chi connectivity index (χ1v) is 23.5. The highest BCUT2D eigenvalue weighted by Crippen LogP contribution is 2.59. The van der Waals surface area contributed by atoms with Gasteiger partial charge in [-0.25, -0.2) is 0 Å². The van der Waals surface area contributed by atoms with Crippen molar-refractivity contribution in [3.63, 3.8) is 0 Å². The van der Waals surface area contributed by atoms with Crippen LogP contribution in [0.25, 0.3) is 89.7 Å². The molecule has 13 rings (SSSR count). The molecule has 3 aliphatic rings. The number of fused-ring (bicyclic) bond motifs is 8. The average molecular weight is 842 g/mol. The zero-order valence-electron chi connectivity index (χ0n) is 36.8. The van der Waals surface area contributed by atoms with Crippen LogP contribution in [0.1, 0.15) is 47.9 Å². The molecule has 10 aromatic carbocycles. The monoisotopic (exact) mass is 841 g/mol. The number of anilines is 3. The summed E-state index contributed by atoms with van der Waals surface area (Å²) in [7, 11) is 0. The number of nitrogens with zero attached hydrogens (tertiary/aromatic N) is 1. The lowest BCUT2D eigenvalue weighted by Gasteiger charge is -2.30. The molecule has 1 saturated carbocycles. The second-order valence-corrected chi connectivity index (χ2v) is 18.3. The van der Waals surface area contributed by atoms with Gasteiger partial charge in [0.25, 0.3) is 0 Å². The van der Waals surface area contributed by atoms with E-state index in [1.54, 1.807) is 0 Å². The first-order chi connectivity index (χ1) is 32.7. The Hall–Kier alpha value is -8.00. The van der Waals surface area contributed by atoms with Crippen LogP contribution in [0.4, 0.5) is 17.1 Å². The summed E-state index contributed by atoms with van der Waals surface area (Å²) in [5.74, 6) is 0. The standard InChI is InChI=1S/C65H47N/c1-5-17-46(18-6-1)58-43-57(62(49-19-7-2-8-20-49)64-56-28-16-22-48-21-15-27-55(61(48)56)63(58)64)47-34-31-44(32-35-47)29-30-45-33-37-53-54-38-36-52(42-60(54)65(59(53)41-45)39-13-14-40-65)66(50-23-9-3-10-24-50)51-25-11-4-12-26-51/h1-12,15-38,41-43H,13-14,39-40H2/b30-29+. The molecule has 66 heavy (non-hydrogen) atoms. The fraction of sp³-hybridized carbons (Fsp3) is 0.0769. The molecular formula is C65H47N. The Balaban J connectivity index is 0.872. The molecule has 0 amide bonds. The van der Waals surface area contributed by atoms with E-state index < -0.39 is 0 Å². The molecule has 0 aromatic heterocycles. The maximum absolute atomic E-state index is 2.50. The van der Waals surface area contributed by atoms with Crippen LogP contribution in [-0.2, 0) is 5.41 Å². The van der Waals surface area contributed by atoms with Gasteiger partial charge in [0.05, 0.1) is 0 Å². The minimum absolute atomic E-state index is 0.0308. The molecule has 0 bridgehead atoms. The van der Waals surface area contributed by atoms with Crippen molar-refractivity contribution in [2.75, 3.05) is 4.90 Å². The highest BCUT2D eigenvalue weighted by Gasteiger charge is 2.45. The largest absolute Gasteiger partial charge is 0.310 e. The van der Waals surface area contributed by atoms with E-state index in [9.17, 15) is 0 Å². The van der Waals surface area contributed by atoms with Crippen molar-refractivity contribution >= 4 is 40.0 Å². The van der Waals surface area contributed by atoms with Crippen LogP contribution in [0.2, 0.25) is 0 Å². The quantitative estimate of drug-likeness (QED) is 0.138. The van der Waals surface area contributed by atoms with Crippen LogP contribution in [0.5, 0.6) is 0 Å². The normalized spacial score (nSPS) is 13.9. The van der Waals surface area contributed by atoms with Crippen LogP contribution >= 0.6 is 0 Å². The smallest absolute Gasteiger partial charge is 0.0465 e. The predicted molar refractivity (Wildman–Crippen MR) is 279 cm³/mol. The summed E-state index contributed by atoms with van der Waals surface area (Å²) in [6.07, 6.45) is 9.48. The molecule has 1 nitrogen and oxygen atoms in total. The maximum Gasteiger partial charge on any atom is 0.0465 e. The zero-order valence-corrected chi connectivity index (χ0v) is 36.8. The third-order valence-corrected chi connectivity index (χ3v) is 14.7. The van der Waals surface area contributed by atoms with Gasteiger partial charge in [0.2, 0.25) is 0 Å².